The second-order valence-corrected chi connectivity index (χ2v) is 5.21. The van der Waals surface area contributed by atoms with Crippen molar-refractivity contribution in [3.05, 3.63) is 65.2 Å². The monoisotopic (exact) mass is 266 g/mol. The molecule has 2 aromatic rings. The number of nitrogens with zero attached hydrogens (tertiary/aromatic N) is 1. The minimum Gasteiger partial charge on any atom is -0.398 e. The van der Waals surface area contributed by atoms with E-state index in [9.17, 15) is 4.79 Å². The second-order valence-electron chi connectivity index (χ2n) is 5.21. The number of nitrogen functional groups attached to an aromatic ring is 1. The number of benzene rings is 2. The van der Waals surface area contributed by atoms with Crippen LogP contribution in [0.5, 0.6) is 0 Å². The van der Waals surface area contributed by atoms with E-state index in [2.05, 4.69) is 6.07 Å². The van der Waals surface area contributed by atoms with E-state index in [1.165, 1.54) is 11.1 Å². The molecule has 0 fully saturated rings. The molecular weight excluding hydrogens is 248 g/mol. The second kappa shape index (κ2) is 5.37. The number of carbonyl (C=O) groups excluding carboxylic acids is 1. The molecule has 0 aromatic heterocycles. The van der Waals surface area contributed by atoms with Crippen LogP contribution in [0.2, 0.25) is 0 Å². The number of amides is 1. The van der Waals surface area contributed by atoms with E-state index in [1.807, 2.05) is 47.4 Å². The fourth-order valence-corrected chi connectivity index (χ4v) is 2.73. The van der Waals surface area contributed by atoms with Gasteiger partial charge in [-0.15, -0.1) is 0 Å². The van der Waals surface area contributed by atoms with Gasteiger partial charge in [0, 0.05) is 18.8 Å². The van der Waals surface area contributed by atoms with Gasteiger partial charge in [0.15, 0.2) is 0 Å². The Morgan fingerprint density at radius 3 is 2.70 bits per heavy atom. The van der Waals surface area contributed by atoms with Crippen molar-refractivity contribution in [2.24, 2.45) is 0 Å². The lowest BCUT2D eigenvalue weighted by Gasteiger charge is -2.29. The normalized spacial score (nSPS) is 13.9. The van der Waals surface area contributed by atoms with Gasteiger partial charge in [0.2, 0.25) is 5.91 Å². The molecule has 3 nitrogen and oxygen atoms in total. The molecule has 0 saturated heterocycles. The molecule has 1 amide bonds. The van der Waals surface area contributed by atoms with Crippen molar-refractivity contribution in [3.63, 3.8) is 0 Å². The number of rotatable bonds is 2. The van der Waals surface area contributed by atoms with Crippen LogP contribution < -0.4 is 5.73 Å². The highest BCUT2D eigenvalue weighted by Crippen LogP contribution is 2.24. The molecule has 0 spiro atoms. The molecule has 3 heteroatoms. The molecule has 0 unspecified atom stereocenters. The van der Waals surface area contributed by atoms with E-state index in [0.29, 0.717) is 13.0 Å². The lowest BCUT2D eigenvalue weighted by atomic mass is 9.97. The van der Waals surface area contributed by atoms with Crippen molar-refractivity contribution >= 4 is 11.6 Å². The molecule has 2 aromatic carbocycles. The van der Waals surface area contributed by atoms with Gasteiger partial charge in [0.25, 0.3) is 0 Å². The summed E-state index contributed by atoms with van der Waals surface area (Å²) in [7, 11) is 0. The Morgan fingerprint density at radius 2 is 1.90 bits per heavy atom. The van der Waals surface area contributed by atoms with Crippen molar-refractivity contribution in [1.82, 2.24) is 4.90 Å². The molecule has 0 atom stereocenters. The number of carbonyl (C=O) groups is 1. The zero-order chi connectivity index (χ0) is 13.9. The fourth-order valence-electron chi connectivity index (χ4n) is 2.73. The van der Waals surface area contributed by atoms with E-state index >= 15 is 0 Å². The molecule has 20 heavy (non-hydrogen) atoms. The van der Waals surface area contributed by atoms with E-state index in [0.717, 1.165) is 24.2 Å². The minimum atomic E-state index is 0.185. The quantitative estimate of drug-likeness (QED) is 0.848. The predicted molar refractivity (Wildman–Crippen MR) is 80.1 cm³/mol. The Hall–Kier alpha value is -2.29. The average molecular weight is 266 g/mol. The summed E-state index contributed by atoms with van der Waals surface area (Å²) >= 11 is 0. The van der Waals surface area contributed by atoms with Crippen LogP contribution in [0.25, 0.3) is 0 Å². The van der Waals surface area contributed by atoms with Crippen molar-refractivity contribution in [3.8, 4) is 0 Å². The van der Waals surface area contributed by atoms with Gasteiger partial charge >= 0.3 is 0 Å². The van der Waals surface area contributed by atoms with Gasteiger partial charge in [-0.05, 0) is 29.2 Å². The Morgan fingerprint density at radius 1 is 1.10 bits per heavy atom. The first-order chi connectivity index (χ1) is 9.74. The lowest BCUT2D eigenvalue weighted by molar-refractivity contribution is -0.131. The SMILES string of the molecule is Nc1cccc2c1CCN(C(=O)Cc1ccccc1)C2. The standard InChI is InChI=1S/C17H18N2O/c18-16-8-4-7-14-12-19(10-9-15(14)16)17(20)11-13-5-2-1-3-6-13/h1-8H,9-12,18H2. The summed E-state index contributed by atoms with van der Waals surface area (Å²) in [6.07, 6.45) is 1.32. The Labute approximate surface area is 119 Å². The molecule has 2 N–H and O–H groups in total. The molecule has 0 aliphatic carbocycles. The molecule has 1 aliphatic heterocycles. The third-order valence-electron chi connectivity index (χ3n) is 3.85. The lowest BCUT2D eigenvalue weighted by Crippen LogP contribution is -2.37. The summed E-state index contributed by atoms with van der Waals surface area (Å²) in [5.74, 6) is 0.185. The van der Waals surface area contributed by atoms with E-state index < -0.39 is 0 Å². The number of anilines is 1. The van der Waals surface area contributed by atoms with Crippen LogP contribution in [-0.4, -0.2) is 17.4 Å². The highest BCUT2D eigenvalue weighted by Gasteiger charge is 2.21. The molecule has 0 saturated carbocycles. The van der Waals surface area contributed by atoms with E-state index in [-0.39, 0.29) is 5.91 Å². The maximum atomic E-state index is 12.4. The zero-order valence-corrected chi connectivity index (χ0v) is 11.4. The minimum absolute atomic E-state index is 0.185. The topological polar surface area (TPSA) is 46.3 Å². The number of hydrogen-bond donors (Lipinski definition) is 1. The van der Waals surface area contributed by atoms with Crippen LogP contribution >= 0.6 is 0 Å². The van der Waals surface area contributed by atoms with Gasteiger partial charge in [-0.2, -0.15) is 0 Å². The Kier molecular flexibility index (Phi) is 3.42. The van der Waals surface area contributed by atoms with Gasteiger partial charge < -0.3 is 10.6 Å². The van der Waals surface area contributed by atoms with Gasteiger partial charge in [-0.3, -0.25) is 4.79 Å². The van der Waals surface area contributed by atoms with Gasteiger partial charge in [-0.1, -0.05) is 42.5 Å². The van der Waals surface area contributed by atoms with Crippen LogP contribution in [0.3, 0.4) is 0 Å². The summed E-state index contributed by atoms with van der Waals surface area (Å²) in [6, 6.07) is 15.8. The van der Waals surface area contributed by atoms with Crippen LogP contribution in [-0.2, 0) is 24.2 Å². The summed E-state index contributed by atoms with van der Waals surface area (Å²) in [5, 5.41) is 0. The third-order valence-corrected chi connectivity index (χ3v) is 3.85. The fraction of sp³-hybridized carbons (Fsp3) is 0.235. The maximum absolute atomic E-state index is 12.4. The van der Waals surface area contributed by atoms with Crippen LogP contribution in [0.1, 0.15) is 16.7 Å². The molecule has 1 heterocycles. The predicted octanol–water partition coefficient (Wildman–Crippen LogP) is 2.40. The third kappa shape index (κ3) is 2.52. The van der Waals surface area contributed by atoms with Gasteiger partial charge in [0.1, 0.15) is 0 Å². The highest BCUT2D eigenvalue weighted by atomic mass is 16.2. The number of fused-ring (bicyclic) bond motifs is 1. The van der Waals surface area contributed by atoms with Crippen LogP contribution in [0, 0.1) is 0 Å². The Balaban J connectivity index is 1.72. The summed E-state index contributed by atoms with van der Waals surface area (Å²) in [6.45, 7) is 1.43. The smallest absolute Gasteiger partial charge is 0.227 e. The average Bonchev–Trinajstić information content (AvgIpc) is 2.48. The molecule has 0 bridgehead atoms. The van der Waals surface area contributed by atoms with E-state index in [1.54, 1.807) is 0 Å². The number of hydrogen-bond acceptors (Lipinski definition) is 2. The van der Waals surface area contributed by atoms with Crippen molar-refractivity contribution in [1.29, 1.82) is 0 Å². The molecule has 102 valence electrons. The summed E-state index contributed by atoms with van der Waals surface area (Å²) in [5.41, 5.74) is 10.3. The van der Waals surface area contributed by atoms with Crippen LogP contribution in [0.15, 0.2) is 48.5 Å². The van der Waals surface area contributed by atoms with Crippen LogP contribution in [0.4, 0.5) is 5.69 Å². The summed E-state index contributed by atoms with van der Waals surface area (Å²) in [4.78, 5) is 14.3. The Bertz CT molecular complexity index is 622. The first kappa shape index (κ1) is 12.7. The van der Waals surface area contributed by atoms with Crippen molar-refractivity contribution < 1.29 is 4.79 Å². The molecular formula is C17H18N2O. The van der Waals surface area contributed by atoms with E-state index in [4.69, 9.17) is 5.73 Å². The van der Waals surface area contributed by atoms with Gasteiger partial charge in [-0.25, -0.2) is 0 Å². The zero-order valence-electron chi connectivity index (χ0n) is 11.4. The largest absolute Gasteiger partial charge is 0.398 e. The molecule has 1 aliphatic rings. The first-order valence-corrected chi connectivity index (χ1v) is 6.92. The molecule has 3 rings (SSSR count). The first-order valence-electron chi connectivity index (χ1n) is 6.92. The number of nitrogens with two attached hydrogens (primary N) is 1. The van der Waals surface area contributed by atoms with Gasteiger partial charge in [0.05, 0.1) is 6.42 Å². The summed E-state index contributed by atoms with van der Waals surface area (Å²) < 4.78 is 0. The van der Waals surface area contributed by atoms with Crippen molar-refractivity contribution in [2.45, 2.75) is 19.4 Å². The molecule has 0 radical (unpaired) electrons. The maximum Gasteiger partial charge on any atom is 0.227 e. The van der Waals surface area contributed by atoms with Crippen molar-refractivity contribution in [2.75, 3.05) is 12.3 Å². The highest BCUT2D eigenvalue weighted by molar-refractivity contribution is 5.79.